The lowest BCUT2D eigenvalue weighted by Gasteiger charge is -2.12. The fourth-order valence-corrected chi connectivity index (χ4v) is 2.10. The molecule has 0 saturated carbocycles. The van der Waals surface area contributed by atoms with Crippen molar-refractivity contribution in [1.82, 2.24) is 10.6 Å². The van der Waals surface area contributed by atoms with E-state index >= 15 is 0 Å². The first-order valence-electron chi connectivity index (χ1n) is 6.57. The Kier molecular flexibility index (Phi) is 6.83. The SMILES string of the molecule is CNCC1=CCCC(C)=C1F.O=CC1CCCN1. The maximum absolute atomic E-state index is 13.2. The molecule has 102 valence electrons. The van der Waals surface area contributed by atoms with Crippen molar-refractivity contribution in [2.45, 2.75) is 38.6 Å². The van der Waals surface area contributed by atoms with E-state index in [1.165, 1.54) is 0 Å². The monoisotopic (exact) mass is 254 g/mol. The van der Waals surface area contributed by atoms with Crippen LogP contribution < -0.4 is 10.6 Å². The lowest BCUT2D eigenvalue weighted by atomic mass is 9.99. The van der Waals surface area contributed by atoms with Crippen LogP contribution in [0.2, 0.25) is 0 Å². The van der Waals surface area contributed by atoms with Crippen molar-refractivity contribution in [1.29, 1.82) is 0 Å². The predicted octanol–water partition coefficient (Wildman–Crippen LogP) is 2.11. The second kappa shape index (κ2) is 8.16. The van der Waals surface area contributed by atoms with Gasteiger partial charge in [-0.3, -0.25) is 0 Å². The van der Waals surface area contributed by atoms with Crippen molar-refractivity contribution in [3.8, 4) is 0 Å². The molecule has 2 aliphatic rings. The Morgan fingerprint density at radius 1 is 1.61 bits per heavy atom. The first kappa shape index (κ1) is 15.1. The van der Waals surface area contributed by atoms with Gasteiger partial charge in [0.05, 0.1) is 6.04 Å². The lowest BCUT2D eigenvalue weighted by molar-refractivity contribution is -0.109. The zero-order valence-electron chi connectivity index (χ0n) is 11.3. The van der Waals surface area contributed by atoms with Gasteiger partial charge in [0.25, 0.3) is 0 Å². The fraction of sp³-hybridized carbons (Fsp3) is 0.643. The van der Waals surface area contributed by atoms with E-state index in [4.69, 9.17) is 0 Å². The van der Waals surface area contributed by atoms with Gasteiger partial charge in [0, 0.05) is 6.54 Å². The lowest BCUT2D eigenvalue weighted by Crippen LogP contribution is -2.21. The summed E-state index contributed by atoms with van der Waals surface area (Å²) in [4.78, 5) is 9.94. The number of carbonyl (C=O) groups is 1. The molecular formula is C14H23FN2O. The van der Waals surface area contributed by atoms with E-state index in [0.717, 1.165) is 49.7 Å². The topological polar surface area (TPSA) is 41.1 Å². The zero-order valence-corrected chi connectivity index (χ0v) is 11.3. The summed E-state index contributed by atoms with van der Waals surface area (Å²) in [5.74, 6) is -0.00870. The minimum absolute atomic E-state index is 0.00870. The smallest absolute Gasteiger partial charge is 0.136 e. The van der Waals surface area contributed by atoms with E-state index in [1.54, 1.807) is 0 Å². The molecule has 1 saturated heterocycles. The molecule has 1 atom stereocenters. The van der Waals surface area contributed by atoms with Gasteiger partial charge < -0.3 is 15.4 Å². The number of rotatable bonds is 3. The largest absolute Gasteiger partial charge is 0.316 e. The van der Waals surface area contributed by atoms with E-state index in [1.807, 2.05) is 20.0 Å². The second-order valence-electron chi connectivity index (χ2n) is 4.73. The van der Waals surface area contributed by atoms with Crippen LogP contribution in [0.5, 0.6) is 0 Å². The van der Waals surface area contributed by atoms with Gasteiger partial charge in [0.1, 0.15) is 12.1 Å². The summed E-state index contributed by atoms with van der Waals surface area (Å²) in [6.45, 7) is 3.52. The number of halogens is 1. The molecule has 1 fully saturated rings. The molecule has 0 aromatic rings. The third kappa shape index (κ3) is 4.70. The molecule has 0 radical (unpaired) electrons. The molecule has 1 unspecified atom stereocenters. The van der Waals surface area contributed by atoms with Crippen LogP contribution >= 0.6 is 0 Å². The van der Waals surface area contributed by atoms with Crippen LogP contribution in [0.1, 0.15) is 32.6 Å². The highest BCUT2D eigenvalue weighted by molar-refractivity contribution is 5.57. The van der Waals surface area contributed by atoms with Crippen LogP contribution in [0.3, 0.4) is 0 Å². The molecule has 3 nitrogen and oxygen atoms in total. The maximum atomic E-state index is 13.2. The van der Waals surface area contributed by atoms with E-state index in [2.05, 4.69) is 10.6 Å². The molecule has 1 aliphatic heterocycles. The molecular weight excluding hydrogens is 231 g/mol. The quantitative estimate of drug-likeness (QED) is 0.758. The minimum Gasteiger partial charge on any atom is -0.316 e. The number of carbonyl (C=O) groups excluding carboxylic acids is 1. The van der Waals surface area contributed by atoms with Gasteiger partial charge in [-0.05, 0) is 57.3 Å². The molecule has 1 aliphatic carbocycles. The highest BCUT2D eigenvalue weighted by Gasteiger charge is 2.11. The average molecular weight is 254 g/mol. The van der Waals surface area contributed by atoms with Crippen LogP contribution in [0, 0.1) is 0 Å². The summed E-state index contributed by atoms with van der Waals surface area (Å²) in [6.07, 6.45) is 6.99. The van der Waals surface area contributed by atoms with Crippen molar-refractivity contribution >= 4 is 6.29 Å². The number of likely N-dealkylation sites (N-methyl/N-ethyl adjacent to an activating group) is 1. The molecule has 0 aromatic carbocycles. The van der Waals surface area contributed by atoms with Gasteiger partial charge in [-0.25, -0.2) is 4.39 Å². The number of allylic oxidation sites excluding steroid dienone is 2. The Morgan fingerprint density at radius 3 is 2.89 bits per heavy atom. The highest BCUT2D eigenvalue weighted by atomic mass is 19.1. The van der Waals surface area contributed by atoms with E-state index in [0.29, 0.717) is 6.54 Å². The molecule has 2 N–H and O–H groups in total. The third-order valence-electron chi connectivity index (χ3n) is 3.20. The first-order chi connectivity index (χ1) is 8.69. The molecule has 0 amide bonds. The van der Waals surface area contributed by atoms with Crippen molar-refractivity contribution in [2.75, 3.05) is 20.1 Å². The van der Waals surface area contributed by atoms with Gasteiger partial charge in [-0.1, -0.05) is 6.08 Å². The second-order valence-corrected chi connectivity index (χ2v) is 4.73. The van der Waals surface area contributed by atoms with Gasteiger partial charge in [-0.15, -0.1) is 0 Å². The summed E-state index contributed by atoms with van der Waals surface area (Å²) in [5, 5.41) is 5.98. The number of nitrogens with one attached hydrogen (secondary N) is 2. The molecule has 2 rings (SSSR count). The van der Waals surface area contributed by atoms with Crippen molar-refractivity contribution in [3.05, 3.63) is 23.0 Å². The van der Waals surface area contributed by atoms with Crippen molar-refractivity contribution in [3.63, 3.8) is 0 Å². The molecule has 0 spiro atoms. The molecule has 0 bridgehead atoms. The van der Waals surface area contributed by atoms with E-state index in [-0.39, 0.29) is 11.9 Å². The van der Waals surface area contributed by atoms with Crippen molar-refractivity contribution < 1.29 is 9.18 Å². The number of hydrogen-bond donors (Lipinski definition) is 2. The third-order valence-corrected chi connectivity index (χ3v) is 3.20. The number of aldehydes is 1. The van der Waals surface area contributed by atoms with Crippen LogP contribution in [0.15, 0.2) is 23.0 Å². The normalized spacial score (nSPS) is 23.3. The van der Waals surface area contributed by atoms with E-state index in [9.17, 15) is 9.18 Å². The summed E-state index contributed by atoms with van der Waals surface area (Å²) in [6, 6.07) is 0.167. The Bertz CT molecular complexity index is 331. The van der Waals surface area contributed by atoms with Crippen molar-refractivity contribution in [2.24, 2.45) is 0 Å². The van der Waals surface area contributed by atoms with Gasteiger partial charge in [0.15, 0.2) is 0 Å². The predicted molar refractivity (Wildman–Crippen MR) is 72.1 cm³/mol. The Balaban J connectivity index is 0.000000199. The Morgan fingerprint density at radius 2 is 2.39 bits per heavy atom. The molecule has 4 heteroatoms. The maximum Gasteiger partial charge on any atom is 0.136 e. The van der Waals surface area contributed by atoms with Crippen LogP contribution in [0.25, 0.3) is 0 Å². The van der Waals surface area contributed by atoms with Crippen LogP contribution in [-0.2, 0) is 4.79 Å². The Hall–Kier alpha value is -1.00. The molecule has 1 heterocycles. The van der Waals surface area contributed by atoms with Crippen LogP contribution in [0.4, 0.5) is 4.39 Å². The van der Waals surface area contributed by atoms with E-state index < -0.39 is 0 Å². The van der Waals surface area contributed by atoms with Crippen LogP contribution in [-0.4, -0.2) is 32.5 Å². The summed E-state index contributed by atoms with van der Waals surface area (Å²) < 4.78 is 13.2. The molecule has 0 aromatic heterocycles. The Labute approximate surface area is 109 Å². The number of hydrogen-bond acceptors (Lipinski definition) is 3. The average Bonchev–Trinajstić information content (AvgIpc) is 2.89. The standard InChI is InChI=1S/C9H14FN.C5H9NO/c1-7-4-3-5-8(6-11-2)9(7)10;7-4-5-2-1-3-6-5/h5,11H,3-4,6H2,1-2H3;4-6H,1-3H2. The van der Waals surface area contributed by atoms with Gasteiger partial charge in [0.2, 0.25) is 0 Å². The fourth-order valence-electron chi connectivity index (χ4n) is 2.10. The minimum atomic E-state index is -0.00870. The summed E-state index contributed by atoms with van der Waals surface area (Å²) in [7, 11) is 1.83. The first-order valence-corrected chi connectivity index (χ1v) is 6.57. The highest BCUT2D eigenvalue weighted by Crippen LogP contribution is 2.25. The van der Waals surface area contributed by atoms with Gasteiger partial charge >= 0.3 is 0 Å². The molecule has 18 heavy (non-hydrogen) atoms. The summed E-state index contributed by atoms with van der Waals surface area (Å²) >= 11 is 0. The van der Waals surface area contributed by atoms with Gasteiger partial charge in [-0.2, -0.15) is 0 Å². The summed E-state index contributed by atoms with van der Waals surface area (Å²) in [5.41, 5.74) is 1.70. The zero-order chi connectivity index (χ0) is 13.4.